The summed E-state index contributed by atoms with van der Waals surface area (Å²) in [7, 11) is 0. The average molecular weight is 387 g/mol. The Balaban J connectivity index is 1.71. The van der Waals surface area contributed by atoms with Crippen molar-refractivity contribution in [3.8, 4) is 12.1 Å². The lowest BCUT2D eigenvalue weighted by molar-refractivity contribution is 0.389. The quantitative estimate of drug-likeness (QED) is 0.641. The number of rotatable bonds is 4. The predicted molar refractivity (Wildman–Crippen MR) is 114 cm³/mol. The number of H-pyrrole nitrogens is 1. The number of nitrogens with one attached hydrogen (secondary N) is 4. The number of piperidine rings is 1. The Morgan fingerprint density at radius 2 is 2.00 bits per heavy atom. The normalized spacial score (nSPS) is 20.3. The molecule has 0 saturated carbocycles. The van der Waals surface area contributed by atoms with Crippen LogP contribution in [0.5, 0.6) is 0 Å². The van der Waals surface area contributed by atoms with E-state index in [1.165, 1.54) is 12.8 Å². The van der Waals surface area contributed by atoms with Crippen LogP contribution in [0.4, 0.5) is 5.82 Å². The van der Waals surface area contributed by atoms with Gasteiger partial charge in [-0.15, -0.1) is 0 Å². The first-order chi connectivity index (χ1) is 14.1. The van der Waals surface area contributed by atoms with Crippen molar-refractivity contribution in [1.82, 2.24) is 20.8 Å². The maximum atomic E-state index is 9.73. The van der Waals surface area contributed by atoms with Crippen LogP contribution in [0.2, 0.25) is 0 Å². The largest absolute Gasteiger partial charge is 0.380 e. The topological polar surface area (TPSA) is 112 Å². The van der Waals surface area contributed by atoms with Gasteiger partial charge in [-0.05, 0) is 63.4 Å². The van der Waals surface area contributed by atoms with Crippen molar-refractivity contribution < 1.29 is 0 Å². The van der Waals surface area contributed by atoms with Gasteiger partial charge in [-0.1, -0.05) is 6.07 Å². The molecular weight excluding hydrogens is 362 g/mol. The van der Waals surface area contributed by atoms with E-state index < -0.39 is 0 Å². The molecule has 2 aliphatic heterocycles. The van der Waals surface area contributed by atoms with Gasteiger partial charge in [0.1, 0.15) is 6.07 Å². The summed E-state index contributed by atoms with van der Waals surface area (Å²) in [5, 5.41) is 38.1. The predicted octanol–water partition coefficient (Wildman–Crippen LogP) is 3.04. The standard InChI is InChI=1S/C22H25N7/c1-13-18(10-23)21(19(11-24)14(2)27-13)16-3-4-20-17(9-16)22(29-28-20)26-12-15-5-7-25-8-6-15/h3-4,9,13,15,25,27H,5-8,12H2,1-2H3,(H2,26,28,29). The van der Waals surface area contributed by atoms with Crippen molar-refractivity contribution >= 4 is 22.3 Å². The Kier molecular flexibility index (Phi) is 5.24. The van der Waals surface area contributed by atoms with Gasteiger partial charge >= 0.3 is 0 Å². The fourth-order valence-electron chi connectivity index (χ4n) is 4.23. The third-order valence-electron chi connectivity index (χ3n) is 5.86. The lowest BCUT2D eigenvalue weighted by atomic mass is 9.86. The summed E-state index contributed by atoms with van der Waals surface area (Å²) in [6.45, 7) is 6.85. The fourth-order valence-corrected chi connectivity index (χ4v) is 4.23. The van der Waals surface area contributed by atoms with Gasteiger partial charge < -0.3 is 16.0 Å². The molecule has 0 radical (unpaired) electrons. The van der Waals surface area contributed by atoms with Gasteiger partial charge in [-0.3, -0.25) is 5.10 Å². The van der Waals surface area contributed by atoms with E-state index in [2.05, 4.69) is 38.3 Å². The summed E-state index contributed by atoms with van der Waals surface area (Å²) >= 11 is 0. The summed E-state index contributed by atoms with van der Waals surface area (Å²) in [6.07, 6.45) is 2.33. The van der Waals surface area contributed by atoms with Crippen molar-refractivity contribution in [1.29, 1.82) is 10.5 Å². The van der Waals surface area contributed by atoms with Crippen LogP contribution in [0, 0.1) is 28.6 Å². The first kappa shape index (κ1) is 19.0. The van der Waals surface area contributed by atoms with E-state index in [0.717, 1.165) is 47.6 Å². The van der Waals surface area contributed by atoms with Gasteiger partial charge in [0.25, 0.3) is 0 Å². The highest BCUT2D eigenvalue weighted by Gasteiger charge is 2.26. The van der Waals surface area contributed by atoms with E-state index in [-0.39, 0.29) is 6.04 Å². The Hall–Kier alpha value is -3.29. The minimum atomic E-state index is -0.135. The molecule has 0 spiro atoms. The molecule has 2 aliphatic rings. The number of aromatic nitrogens is 2. The second kappa shape index (κ2) is 7.98. The van der Waals surface area contributed by atoms with Crippen molar-refractivity contribution in [2.75, 3.05) is 25.0 Å². The van der Waals surface area contributed by atoms with E-state index in [1.54, 1.807) is 0 Å². The van der Waals surface area contributed by atoms with Gasteiger partial charge in [-0.2, -0.15) is 15.6 Å². The minimum absolute atomic E-state index is 0.135. The zero-order chi connectivity index (χ0) is 20.4. The first-order valence-electron chi connectivity index (χ1n) is 10.1. The van der Waals surface area contributed by atoms with E-state index in [4.69, 9.17) is 0 Å². The molecule has 2 aromatic rings. The zero-order valence-electron chi connectivity index (χ0n) is 16.8. The number of aromatic amines is 1. The maximum Gasteiger partial charge on any atom is 0.155 e. The third kappa shape index (κ3) is 3.57. The summed E-state index contributed by atoms with van der Waals surface area (Å²) in [5.41, 5.74) is 4.41. The van der Waals surface area contributed by atoms with Crippen LogP contribution in [-0.4, -0.2) is 35.9 Å². The van der Waals surface area contributed by atoms with Crippen LogP contribution in [0.25, 0.3) is 16.5 Å². The minimum Gasteiger partial charge on any atom is -0.380 e. The van der Waals surface area contributed by atoms with Crippen molar-refractivity contribution in [3.05, 3.63) is 40.6 Å². The lowest BCUT2D eigenvalue weighted by Crippen LogP contribution is -2.31. The number of dihydropyridines is 1. The van der Waals surface area contributed by atoms with E-state index in [0.29, 0.717) is 22.6 Å². The van der Waals surface area contributed by atoms with Gasteiger partial charge in [0.15, 0.2) is 5.82 Å². The number of hydrogen-bond acceptors (Lipinski definition) is 6. The first-order valence-corrected chi connectivity index (χ1v) is 10.1. The SMILES string of the molecule is CC1=C(C#N)C(c2ccc3[nH]nc(NCC4CCNCC4)c3c2)=C(C#N)C(C)N1. The number of allylic oxidation sites excluding steroid dienone is 3. The summed E-state index contributed by atoms with van der Waals surface area (Å²) in [4.78, 5) is 0. The molecule has 1 aromatic carbocycles. The molecule has 29 heavy (non-hydrogen) atoms. The Bertz CT molecular complexity index is 1070. The van der Waals surface area contributed by atoms with Gasteiger partial charge in [0.05, 0.1) is 28.8 Å². The molecular formula is C22H25N7. The average Bonchev–Trinajstić information content (AvgIpc) is 3.14. The summed E-state index contributed by atoms with van der Waals surface area (Å²) in [5.74, 6) is 1.46. The summed E-state index contributed by atoms with van der Waals surface area (Å²) < 4.78 is 0. The molecule has 1 unspecified atom stereocenters. The maximum absolute atomic E-state index is 9.73. The second-order valence-electron chi connectivity index (χ2n) is 7.79. The molecule has 1 atom stereocenters. The smallest absolute Gasteiger partial charge is 0.155 e. The van der Waals surface area contributed by atoms with Crippen molar-refractivity contribution in [2.45, 2.75) is 32.7 Å². The number of hydrogen-bond donors (Lipinski definition) is 4. The van der Waals surface area contributed by atoms with Crippen molar-refractivity contribution in [2.24, 2.45) is 5.92 Å². The number of nitrogens with zero attached hydrogens (tertiary/aromatic N) is 3. The lowest BCUT2D eigenvalue weighted by Gasteiger charge is -2.25. The number of anilines is 1. The number of nitriles is 2. The number of benzene rings is 1. The van der Waals surface area contributed by atoms with Crippen LogP contribution in [0.15, 0.2) is 35.0 Å². The van der Waals surface area contributed by atoms with Crippen LogP contribution < -0.4 is 16.0 Å². The van der Waals surface area contributed by atoms with Gasteiger partial charge in [0, 0.05) is 23.2 Å². The fraction of sp³-hybridized carbons (Fsp3) is 0.409. The highest BCUT2D eigenvalue weighted by atomic mass is 15.2. The molecule has 1 aromatic heterocycles. The molecule has 4 N–H and O–H groups in total. The molecule has 4 rings (SSSR count). The summed E-state index contributed by atoms with van der Waals surface area (Å²) in [6, 6.07) is 10.4. The molecule has 1 saturated heterocycles. The van der Waals surface area contributed by atoms with Gasteiger partial charge in [-0.25, -0.2) is 0 Å². The molecule has 1 fully saturated rings. The molecule has 0 bridgehead atoms. The Morgan fingerprint density at radius 3 is 2.72 bits per heavy atom. The van der Waals surface area contributed by atoms with Crippen molar-refractivity contribution in [3.63, 3.8) is 0 Å². The van der Waals surface area contributed by atoms with Crippen LogP contribution in [0.1, 0.15) is 32.3 Å². The van der Waals surface area contributed by atoms with E-state index in [9.17, 15) is 10.5 Å². The Labute approximate surface area is 170 Å². The number of fused-ring (bicyclic) bond motifs is 1. The van der Waals surface area contributed by atoms with E-state index >= 15 is 0 Å². The Morgan fingerprint density at radius 1 is 1.21 bits per heavy atom. The second-order valence-corrected chi connectivity index (χ2v) is 7.79. The molecule has 7 heteroatoms. The van der Waals surface area contributed by atoms with E-state index in [1.807, 2.05) is 32.0 Å². The third-order valence-corrected chi connectivity index (χ3v) is 5.86. The zero-order valence-corrected chi connectivity index (χ0v) is 16.8. The molecule has 0 amide bonds. The van der Waals surface area contributed by atoms with Gasteiger partial charge in [0.2, 0.25) is 0 Å². The van der Waals surface area contributed by atoms with Crippen LogP contribution in [0.3, 0.4) is 0 Å². The molecule has 148 valence electrons. The van der Waals surface area contributed by atoms with Crippen LogP contribution in [-0.2, 0) is 0 Å². The monoisotopic (exact) mass is 387 g/mol. The molecule has 7 nitrogen and oxygen atoms in total. The highest BCUT2D eigenvalue weighted by molar-refractivity contribution is 5.96. The highest BCUT2D eigenvalue weighted by Crippen LogP contribution is 2.35. The molecule has 3 heterocycles. The molecule has 0 aliphatic carbocycles. The van der Waals surface area contributed by atoms with Crippen LogP contribution >= 0.6 is 0 Å².